The van der Waals surface area contributed by atoms with Crippen LogP contribution in [-0.4, -0.2) is 11.8 Å². The Morgan fingerprint density at radius 2 is 2.21 bits per heavy atom. The van der Waals surface area contributed by atoms with Crippen LogP contribution in [0.4, 0.5) is 5.69 Å². The van der Waals surface area contributed by atoms with Gasteiger partial charge in [0.25, 0.3) is 0 Å². The fourth-order valence-electron chi connectivity index (χ4n) is 1.89. The highest BCUT2D eigenvalue weighted by molar-refractivity contribution is 6.17. The molecule has 0 bridgehead atoms. The monoisotopic (exact) mass is 209 g/mol. The number of benzene rings is 1. The predicted octanol–water partition coefficient (Wildman–Crippen LogP) is 2.74. The minimum Gasteiger partial charge on any atom is -0.326 e. The molecule has 1 N–H and O–H groups in total. The first-order valence-electron chi connectivity index (χ1n) is 4.76. The Bertz CT molecular complexity index is 351. The maximum absolute atomic E-state index is 11.4. The molecule has 0 radical (unpaired) electrons. The molecule has 1 unspecified atom stereocenters. The van der Waals surface area contributed by atoms with Gasteiger partial charge >= 0.3 is 0 Å². The zero-order valence-electron chi connectivity index (χ0n) is 7.79. The maximum Gasteiger partial charge on any atom is 0.224 e. The summed E-state index contributed by atoms with van der Waals surface area (Å²) in [6.07, 6.45) is 1.43. The lowest BCUT2D eigenvalue weighted by atomic mass is 9.89. The van der Waals surface area contributed by atoms with Crippen LogP contribution in [0.25, 0.3) is 0 Å². The zero-order valence-corrected chi connectivity index (χ0v) is 8.55. The lowest BCUT2D eigenvalue weighted by Crippen LogP contribution is -2.22. The Kier molecular flexibility index (Phi) is 2.73. The van der Waals surface area contributed by atoms with Crippen LogP contribution < -0.4 is 5.32 Å². The molecule has 74 valence electrons. The van der Waals surface area contributed by atoms with Gasteiger partial charge in [0.15, 0.2) is 0 Å². The van der Waals surface area contributed by atoms with Crippen LogP contribution in [0.3, 0.4) is 0 Å². The number of carbonyl (C=O) groups excluding carboxylic acids is 1. The van der Waals surface area contributed by atoms with Crippen LogP contribution in [0.1, 0.15) is 24.3 Å². The van der Waals surface area contributed by atoms with Gasteiger partial charge in [0, 0.05) is 18.0 Å². The molecule has 0 saturated carbocycles. The van der Waals surface area contributed by atoms with E-state index in [2.05, 4.69) is 11.4 Å². The molecule has 0 aliphatic carbocycles. The summed E-state index contributed by atoms with van der Waals surface area (Å²) in [7, 11) is 0. The summed E-state index contributed by atoms with van der Waals surface area (Å²) in [5.74, 6) is 0.989. The molecule has 1 aromatic rings. The first-order chi connectivity index (χ1) is 6.81. The third kappa shape index (κ3) is 1.75. The first-order valence-corrected chi connectivity index (χ1v) is 5.29. The quantitative estimate of drug-likeness (QED) is 0.746. The molecule has 0 aromatic heterocycles. The Balaban J connectivity index is 2.33. The van der Waals surface area contributed by atoms with Gasteiger partial charge < -0.3 is 5.32 Å². The standard InChI is InChI=1S/C11H12ClNO/c12-6-5-8-7-11(14)13-10-4-2-1-3-9(8)10/h1-4,8H,5-7H2,(H,13,14). The molecule has 1 aromatic carbocycles. The fraction of sp³-hybridized carbons (Fsp3) is 0.364. The molecule has 1 aliphatic heterocycles. The van der Waals surface area contributed by atoms with E-state index in [9.17, 15) is 4.79 Å². The SMILES string of the molecule is O=C1CC(CCCl)c2ccccc2N1. The first kappa shape index (κ1) is 9.53. The van der Waals surface area contributed by atoms with Gasteiger partial charge in [-0.15, -0.1) is 11.6 Å². The molecule has 0 saturated heterocycles. The number of anilines is 1. The lowest BCUT2D eigenvalue weighted by molar-refractivity contribution is -0.116. The Hall–Kier alpha value is -1.02. The van der Waals surface area contributed by atoms with Gasteiger partial charge in [-0.25, -0.2) is 0 Å². The Morgan fingerprint density at radius 1 is 1.43 bits per heavy atom. The van der Waals surface area contributed by atoms with Crippen molar-refractivity contribution < 1.29 is 4.79 Å². The lowest BCUT2D eigenvalue weighted by Gasteiger charge is -2.24. The normalized spacial score (nSPS) is 20.1. The van der Waals surface area contributed by atoms with Crippen LogP contribution in [0.2, 0.25) is 0 Å². The number of hydrogen-bond donors (Lipinski definition) is 1. The van der Waals surface area contributed by atoms with Crippen LogP contribution in [-0.2, 0) is 4.79 Å². The van der Waals surface area contributed by atoms with E-state index in [-0.39, 0.29) is 11.8 Å². The number of nitrogens with one attached hydrogen (secondary N) is 1. The van der Waals surface area contributed by atoms with Gasteiger partial charge in [-0.2, -0.15) is 0 Å². The van der Waals surface area contributed by atoms with Crippen LogP contribution in [0.5, 0.6) is 0 Å². The summed E-state index contributed by atoms with van der Waals surface area (Å²) in [6, 6.07) is 7.93. The van der Waals surface area contributed by atoms with Crippen LogP contribution >= 0.6 is 11.6 Å². The summed E-state index contributed by atoms with van der Waals surface area (Å²) in [4.78, 5) is 11.4. The second-order valence-electron chi connectivity index (χ2n) is 3.51. The zero-order chi connectivity index (χ0) is 9.97. The molecule has 0 spiro atoms. The highest BCUT2D eigenvalue weighted by Crippen LogP contribution is 2.34. The largest absolute Gasteiger partial charge is 0.326 e. The highest BCUT2D eigenvalue weighted by Gasteiger charge is 2.23. The van der Waals surface area contributed by atoms with E-state index in [1.807, 2.05) is 18.2 Å². The second kappa shape index (κ2) is 4.01. The van der Waals surface area contributed by atoms with Crippen molar-refractivity contribution in [3.8, 4) is 0 Å². The van der Waals surface area contributed by atoms with E-state index in [0.717, 1.165) is 12.1 Å². The molecule has 3 heteroatoms. The van der Waals surface area contributed by atoms with E-state index in [0.29, 0.717) is 12.3 Å². The van der Waals surface area contributed by atoms with Gasteiger partial charge in [0.05, 0.1) is 0 Å². The molecule has 1 aliphatic rings. The van der Waals surface area contributed by atoms with Crippen LogP contribution in [0.15, 0.2) is 24.3 Å². The van der Waals surface area contributed by atoms with E-state index in [1.165, 1.54) is 5.56 Å². The molecule has 14 heavy (non-hydrogen) atoms. The Labute approximate surface area is 88.3 Å². The number of rotatable bonds is 2. The number of fused-ring (bicyclic) bond motifs is 1. The molecule has 1 heterocycles. The van der Waals surface area contributed by atoms with E-state index < -0.39 is 0 Å². The van der Waals surface area contributed by atoms with Crippen molar-refractivity contribution in [1.29, 1.82) is 0 Å². The molecule has 2 nitrogen and oxygen atoms in total. The van der Waals surface area contributed by atoms with Crippen molar-refractivity contribution in [3.63, 3.8) is 0 Å². The molecular weight excluding hydrogens is 198 g/mol. The van der Waals surface area contributed by atoms with Crippen molar-refractivity contribution in [2.24, 2.45) is 0 Å². The number of para-hydroxylation sites is 1. The minimum absolute atomic E-state index is 0.0961. The summed E-state index contributed by atoms with van der Waals surface area (Å²) in [6.45, 7) is 0. The number of carbonyl (C=O) groups is 1. The van der Waals surface area contributed by atoms with Crippen molar-refractivity contribution in [2.75, 3.05) is 11.2 Å². The van der Waals surface area contributed by atoms with E-state index in [1.54, 1.807) is 0 Å². The van der Waals surface area contributed by atoms with Crippen molar-refractivity contribution in [1.82, 2.24) is 0 Å². The summed E-state index contributed by atoms with van der Waals surface area (Å²) in [5, 5.41) is 2.87. The number of amides is 1. The molecule has 2 rings (SSSR count). The summed E-state index contributed by atoms with van der Waals surface area (Å²) >= 11 is 5.72. The van der Waals surface area contributed by atoms with E-state index in [4.69, 9.17) is 11.6 Å². The second-order valence-corrected chi connectivity index (χ2v) is 3.89. The smallest absolute Gasteiger partial charge is 0.224 e. The molecule has 1 atom stereocenters. The Morgan fingerprint density at radius 3 is 3.00 bits per heavy atom. The predicted molar refractivity (Wildman–Crippen MR) is 57.8 cm³/mol. The topological polar surface area (TPSA) is 29.1 Å². The van der Waals surface area contributed by atoms with Gasteiger partial charge in [0.1, 0.15) is 0 Å². The van der Waals surface area contributed by atoms with Gasteiger partial charge in [-0.3, -0.25) is 4.79 Å². The third-order valence-corrected chi connectivity index (χ3v) is 2.78. The van der Waals surface area contributed by atoms with Crippen molar-refractivity contribution in [2.45, 2.75) is 18.8 Å². The minimum atomic E-state index is 0.0961. The number of hydrogen-bond acceptors (Lipinski definition) is 1. The fourth-order valence-corrected chi connectivity index (χ4v) is 2.15. The maximum atomic E-state index is 11.4. The van der Waals surface area contributed by atoms with Crippen molar-refractivity contribution in [3.05, 3.63) is 29.8 Å². The van der Waals surface area contributed by atoms with E-state index >= 15 is 0 Å². The molecule has 1 amide bonds. The third-order valence-electron chi connectivity index (χ3n) is 2.56. The van der Waals surface area contributed by atoms with Gasteiger partial charge in [0.2, 0.25) is 5.91 Å². The number of halogens is 1. The summed E-state index contributed by atoms with van der Waals surface area (Å²) < 4.78 is 0. The van der Waals surface area contributed by atoms with Crippen molar-refractivity contribution >= 4 is 23.2 Å². The molecule has 0 fully saturated rings. The average molecular weight is 210 g/mol. The molecular formula is C11H12ClNO. The number of alkyl halides is 1. The van der Waals surface area contributed by atoms with Gasteiger partial charge in [-0.1, -0.05) is 18.2 Å². The summed E-state index contributed by atoms with van der Waals surface area (Å²) in [5.41, 5.74) is 2.16. The van der Waals surface area contributed by atoms with Crippen LogP contribution in [0, 0.1) is 0 Å². The highest BCUT2D eigenvalue weighted by atomic mass is 35.5. The average Bonchev–Trinajstić information content (AvgIpc) is 2.18. The van der Waals surface area contributed by atoms with Gasteiger partial charge in [-0.05, 0) is 24.0 Å².